The van der Waals surface area contributed by atoms with Crippen molar-refractivity contribution in [1.29, 1.82) is 0 Å². The number of rotatable bonds is 4. The average Bonchev–Trinajstić information content (AvgIpc) is 2.41. The van der Waals surface area contributed by atoms with Crippen molar-refractivity contribution in [2.24, 2.45) is 0 Å². The molecule has 0 aliphatic rings. The van der Waals surface area contributed by atoms with E-state index < -0.39 is 4.92 Å². The summed E-state index contributed by atoms with van der Waals surface area (Å²) in [6.07, 6.45) is 0. The smallest absolute Gasteiger partial charge is 0.269 e. The van der Waals surface area contributed by atoms with Crippen molar-refractivity contribution in [3.05, 3.63) is 68.2 Å². The number of halogens is 2. The predicted octanol–water partition coefficient (Wildman–Crippen LogP) is 4.51. The van der Waals surface area contributed by atoms with Gasteiger partial charge in [-0.3, -0.25) is 10.1 Å². The van der Waals surface area contributed by atoms with Crippen LogP contribution in [0.3, 0.4) is 0 Å². The van der Waals surface area contributed by atoms with Crippen molar-refractivity contribution in [3.63, 3.8) is 0 Å². The van der Waals surface area contributed by atoms with Gasteiger partial charge in [0.1, 0.15) is 0 Å². The molecule has 0 aliphatic heterocycles. The molecule has 0 saturated heterocycles. The molecule has 0 bridgehead atoms. The van der Waals surface area contributed by atoms with Gasteiger partial charge in [0.25, 0.3) is 5.69 Å². The summed E-state index contributed by atoms with van der Waals surface area (Å²) in [4.78, 5) is 10.1. The van der Waals surface area contributed by atoms with Gasteiger partial charge >= 0.3 is 0 Å². The summed E-state index contributed by atoms with van der Waals surface area (Å²) in [7, 11) is 0. The molecule has 0 unspecified atom stereocenters. The number of hydrogen-bond acceptors (Lipinski definition) is 3. The van der Waals surface area contributed by atoms with Gasteiger partial charge in [0, 0.05) is 24.4 Å². The van der Waals surface area contributed by atoms with E-state index in [1.165, 1.54) is 12.1 Å². The van der Waals surface area contributed by atoms with Gasteiger partial charge in [-0.15, -0.1) is 0 Å². The highest BCUT2D eigenvalue weighted by Crippen LogP contribution is 2.26. The van der Waals surface area contributed by atoms with Crippen LogP contribution in [0.4, 0.5) is 11.4 Å². The highest BCUT2D eigenvalue weighted by molar-refractivity contribution is 6.42. The monoisotopic (exact) mass is 296 g/mol. The molecule has 0 aliphatic carbocycles. The first-order valence-corrected chi connectivity index (χ1v) is 6.25. The predicted molar refractivity (Wildman–Crippen MR) is 76.9 cm³/mol. The number of anilines is 1. The highest BCUT2D eigenvalue weighted by Gasteiger charge is 2.06. The third-order valence-corrected chi connectivity index (χ3v) is 3.45. The first kappa shape index (κ1) is 13.6. The lowest BCUT2D eigenvalue weighted by Gasteiger charge is -2.08. The number of benzene rings is 2. The Hall–Kier alpha value is -1.78. The summed E-state index contributed by atoms with van der Waals surface area (Å²) in [6.45, 7) is 0.497. The Balaban J connectivity index is 2.06. The molecule has 0 amide bonds. The fraction of sp³-hybridized carbons (Fsp3) is 0.0769. The maximum atomic E-state index is 10.5. The van der Waals surface area contributed by atoms with E-state index in [0.29, 0.717) is 16.6 Å². The molecule has 6 heteroatoms. The fourth-order valence-electron chi connectivity index (χ4n) is 1.58. The van der Waals surface area contributed by atoms with Crippen molar-refractivity contribution in [2.75, 3.05) is 5.32 Å². The van der Waals surface area contributed by atoms with Gasteiger partial charge in [-0.05, 0) is 23.8 Å². The van der Waals surface area contributed by atoms with Gasteiger partial charge in [-0.25, -0.2) is 0 Å². The second kappa shape index (κ2) is 5.91. The quantitative estimate of drug-likeness (QED) is 0.667. The summed E-state index contributed by atoms with van der Waals surface area (Å²) in [5, 5.41) is 14.7. The Kier molecular flexibility index (Phi) is 4.24. The van der Waals surface area contributed by atoms with Gasteiger partial charge in [0.05, 0.1) is 15.0 Å². The summed E-state index contributed by atoms with van der Waals surface area (Å²) < 4.78 is 0. The SMILES string of the molecule is O=[N+]([O-])c1ccc(NCc2cccc(Cl)c2Cl)cc1. The molecule has 2 aromatic carbocycles. The minimum Gasteiger partial charge on any atom is -0.381 e. The lowest BCUT2D eigenvalue weighted by molar-refractivity contribution is -0.384. The molecule has 0 atom stereocenters. The largest absolute Gasteiger partial charge is 0.381 e. The van der Waals surface area contributed by atoms with E-state index in [1.807, 2.05) is 12.1 Å². The summed E-state index contributed by atoms with van der Waals surface area (Å²) in [6, 6.07) is 11.6. The Morgan fingerprint density at radius 3 is 2.42 bits per heavy atom. The van der Waals surface area contributed by atoms with E-state index in [0.717, 1.165) is 11.3 Å². The second-order valence-electron chi connectivity index (χ2n) is 3.87. The number of nitro benzene ring substituents is 1. The molecule has 2 aromatic rings. The lowest BCUT2D eigenvalue weighted by Crippen LogP contribution is -2.00. The van der Waals surface area contributed by atoms with Crippen LogP contribution >= 0.6 is 23.2 Å². The number of non-ortho nitro benzene ring substituents is 1. The molecule has 0 heterocycles. The maximum Gasteiger partial charge on any atom is 0.269 e. The lowest BCUT2D eigenvalue weighted by atomic mass is 10.2. The zero-order valence-electron chi connectivity index (χ0n) is 9.77. The Bertz CT molecular complexity index is 600. The molecule has 1 N–H and O–H groups in total. The van der Waals surface area contributed by atoms with Crippen LogP contribution < -0.4 is 5.32 Å². The molecule has 19 heavy (non-hydrogen) atoms. The van der Waals surface area contributed by atoms with Crippen molar-refractivity contribution in [3.8, 4) is 0 Å². The van der Waals surface area contributed by atoms with Crippen LogP contribution in [0.15, 0.2) is 42.5 Å². The second-order valence-corrected chi connectivity index (χ2v) is 4.66. The van der Waals surface area contributed by atoms with Crippen molar-refractivity contribution < 1.29 is 4.92 Å². The van der Waals surface area contributed by atoms with E-state index >= 15 is 0 Å². The zero-order valence-corrected chi connectivity index (χ0v) is 11.3. The topological polar surface area (TPSA) is 55.2 Å². The molecule has 2 rings (SSSR count). The van der Waals surface area contributed by atoms with Crippen LogP contribution in [-0.4, -0.2) is 4.92 Å². The Morgan fingerprint density at radius 1 is 1.11 bits per heavy atom. The van der Waals surface area contributed by atoms with Crippen LogP contribution in [-0.2, 0) is 6.54 Å². The Morgan fingerprint density at radius 2 is 1.79 bits per heavy atom. The summed E-state index contributed by atoms with van der Waals surface area (Å²) in [5.41, 5.74) is 1.71. The van der Waals surface area contributed by atoms with E-state index in [1.54, 1.807) is 18.2 Å². The molecular weight excluding hydrogens is 287 g/mol. The normalized spacial score (nSPS) is 10.2. The van der Waals surface area contributed by atoms with Crippen LogP contribution in [0.2, 0.25) is 10.0 Å². The fourth-order valence-corrected chi connectivity index (χ4v) is 1.97. The standard InChI is InChI=1S/C13H10Cl2N2O2/c14-12-3-1-2-9(13(12)15)8-16-10-4-6-11(7-5-10)17(18)19/h1-7,16H,8H2. The number of nitro groups is 1. The van der Waals surface area contributed by atoms with E-state index in [2.05, 4.69) is 5.32 Å². The van der Waals surface area contributed by atoms with Crippen LogP contribution in [0.5, 0.6) is 0 Å². The molecule has 4 nitrogen and oxygen atoms in total. The van der Waals surface area contributed by atoms with Crippen molar-refractivity contribution in [2.45, 2.75) is 6.54 Å². The van der Waals surface area contributed by atoms with Crippen LogP contribution in [0.25, 0.3) is 0 Å². The van der Waals surface area contributed by atoms with Gasteiger partial charge in [0.2, 0.25) is 0 Å². The Labute approximate surface area is 120 Å². The van der Waals surface area contributed by atoms with Gasteiger partial charge in [-0.1, -0.05) is 35.3 Å². The van der Waals surface area contributed by atoms with Gasteiger partial charge in [-0.2, -0.15) is 0 Å². The van der Waals surface area contributed by atoms with Crippen molar-refractivity contribution in [1.82, 2.24) is 0 Å². The number of hydrogen-bond donors (Lipinski definition) is 1. The average molecular weight is 297 g/mol. The highest BCUT2D eigenvalue weighted by atomic mass is 35.5. The van der Waals surface area contributed by atoms with E-state index in [4.69, 9.17) is 23.2 Å². The maximum absolute atomic E-state index is 10.5. The van der Waals surface area contributed by atoms with Crippen LogP contribution in [0, 0.1) is 10.1 Å². The number of nitrogens with zero attached hydrogens (tertiary/aromatic N) is 1. The summed E-state index contributed by atoms with van der Waals surface area (Å²) in [5.74, 6) is 0. The van der Waals surface area contributed by atoms with Gasteiger partial charge < -0.3 is 5.32 Å². The van der Waals surface area contributed by atoms with Crippen molar-refractivity contribution >= 4 is 34.6 Å². The first-order valence-electron chi connectivity index (χ1n) is 5.49. The molecule has 0 spiro atoms. The third kappa shape index (κ3) is 3.36. The van der Waals surface area contributed by atoms with Gasteiger partial charge in [0.15, 0.2) is 0 Å². The summed E-state index contributed by atoms with van der Waals surface area (Å²) >= 11 is 12.0. The number of nitrogens with one attached hydrogen (secondary N) is 1. The minimum atomic E-state index is -0.433. The molecule has 0 aromatic heterocycles. The molecule has 0 radical (unpaired) electrons. The van der Waals surface area contributed by atoms with E-state index in [9.17, 15) is 10.1 Å². The molecular formula is C13H10Cl2N2O2. The van der Waals surface area contributed by atoms with E-state index in [-0.39, 0.29) is 5.69 Å². The third-order valence-electron chi connectivity index (χ3n) is 2.59. The zero-order chi connectivity index (χ0) is 13.8. The minimum absolute atomic E-state index is 0.0614. The first-order chi connectivity index (χ1) is 9.08. The molecule has 0 saturated carbocycles. The molecule has 0 fully saturated rings. The van der Waals surface area contributed by atoms with Crippen LogP contribution in [0.1, 0.15) is 5.56 Å². The molecule has 98 valence electrons.